The van der Waals surface area contributed by atoms with E-state index in [0.717, 1.165) is 16.9 Å². The minimum atomic E-state index is -0.132. The third-order valence-electron chi connectivity index (χ3n) is 4.22. The van der Waals surface area contributed by atoms with Gasteiger partial charge in [-0.15, -0.1) is 0 Å². The molecule has 27 heavy (non-hydrogen) atoms. The summed E-state index contributed by atoms with van der Waals surface area (Å²) < 4.78 is 21.5. The Morgan fingerprint density at radius 3 is 2.59 bits per heavy atom. The zero-order valence-corrected chi connectivity index (χ0v) is 15.9. The van der Waals surface area contributed by atoms with Crippen LogP contribution in [0.25, 0.3) is 11.4 Å². The van der Waals surface area contributed by atoms with Crippen molar-refractivity contribution in [1.82, 2.24) is 15.5 Å². The zero-order chi connectivity index (χ0) is 19.2. The summed E-state index contributed by atoms with van der Waals surface area (Å²) in [6, 6.07) is 13.2. The Morgan fingerprint density at radius 1 is 1.04 bits per heavy atom. The van der Waals surface area contributed by atoms with E-state index in [2.05, 4.69) is 15.5 Å². The molecular weight excluding hydrogens is 346 g/mol. The monoisotopic (exact) mass is 369 g/mol. The number of nitrogens with one attached hydrogen (secondary N) is 1. The predicted molar refractivity (Wildman–Crippen MR) is 101 cm³/mol. The van der Waals surface area contributed by atoms with Crippen LogP contribution in [0.15, 0.2) is 47.0 Å². The van der Waals surface area contributed by atoms with Gasteiger partial charge < -0.3 is 24.1 Å². The molecule has 2 aromatic carbocycles. The lowest BCUT2D eigenvalue weighted by Crippen LogP contribution is -2.19. The molecule has 0 aliphatic rings. The molecule has 1 N–H and O–H groups in total. The highest BCUT2D eigenvalue weighted by molar-refractivity contribution is 5.56. The maximum absolute atomic E-state index is 5.46. The van der Waals surface area contributed by atoms with Gasteiger partial charge in [0, 0.05) is 17.7 Å². The summed E-state index contributed by atoms with van der Waals surface area (Å²) in [5.74, 6) is 3.19. The molecule has 1 aromatic heterocycles. The first-order valence-electron chi connectivity index (χ1n) is 8.57. The molecule has 0 saturated heterocycles. The van der Waals surface area contributed by atoms with Crippen molar-refractivity contribution in [2.75, 3.05) is 21.3 Å². The van der Waals surface area contributed by atoms with Crippen LogP contribution in [0.4, 0.5) is 0 Å². The Hall–Kier alpha value is -3.06. The van der Waals surface area contributed by atoms with E-state index in [1.807, 2.05) is 49.4 Å². The van der Waals surface area contributed by atoms with Crippen LogP contribution in [-0.2, 0) is 6.54 Å². The molecule has 142 valence electrons. The molecule has 7 heteroatoms. The summed E-state index contributed by atoms with van der Waals surface area (Å²) in [5, 5.41) is 7.44. The normalized spacial score (nSPS) is 11.9. The molecule has 1 heterocycles. The number of ether oxygens (including phenoxy) is 3. The number of aromatic nitrogens is 2. The first kappa shape index (κ1) is 18.7. The largest absolute Gasteiger partial charge is 0.497 e. The van der Waals surface area contributed by atoms with Crippen LogP contribution < -0.4 is 19.5 Å². The van der Waals surface area contributed by atoms with Crippen molar-refractivity contribution in [1.29, 1.82) is 0 Å². The van der Waals surface area contributed by atoms with Gasteiger partial charge in [0.15, 0.2) is 11.5 Å². The molecule has 0 aliphatic heterocycles. The summed E-state index contributed by atoms with van der Waals surface area (Å²) >= 11 is 0. The average Bonchev–Trinajstić information content (AvgIpc) is 3.22. The van der Waals surface area contributed by atoms with Gasteiger partial charge in [0.25, 0.3) is 0 Å². The number of rotatable bonds is 8. The fraction of sp³-hybridized carbons (Fsp3) is 0.300. The van der Waals surface area contributed by atoms with Gasteiger partial charge in [-0.25, -0.2) is 0 Å². The Morgan fingerprint density at radius 2 is 1.85 bits per heavy atom. The molecule has 0 spiro atoms. The van der Waals surface area contributed by atoms with Gasteiger partial charge in [-0.3, -0.25) is 0 Å². The van der Waals surface area contributed by atoms with Crippen LogP contribution in [0, 0.1) is 0 Å². The number of hydrogen-bond donors (Lipinski definition) is 1. The van der Waals surface area contributed by atoms with E-state index in [9.17, 15) is 0 Å². The topological polar surface area (TPSA) is 78.6 Å². The molecule has 0 bridgehead atoms. The third-order valence-corrected chi connectivity index (χ3v) is 4.22. The molecule has 0 aliphatic carbocycles. The minimum absolute atomic E-state index is 0.132. The van der Waals surface area contributed by atoms with Gasteiger partial charge in [-0.2, -0.15) is 4.98 Å². The van der Waals surface area contributed by atoms with E-state index in [4.69, 9.17) is 18.7 Å². The second-order valence-corrected chi connectivity index (χ2v) is 5.94. The van der Waals surface area contributed by atoms with Crippen LogP contribution in [0.1, 0.15) is 24.4 Å². The predicted octanol–water partition coefficient (Wildman–Crippen LogP) is 3.61. The average molecular weight is 369 g/mol. The van der Waals surface area contributed by atoms with Crippen LogP contribution in [0.2, 0.25) is 0 Å². The van der Waals surface area contributed by atoms with Crippen molar-refractivity contribution in [2.24, 2.45) is 0 Å². The lowest BCUT2D eigenvalue weighted by atomic mass is 10.1. The van der Waals surface area contributed by atoms with Gasteiger partial charge in [-0.05, 0) is 25.1 Å². The molecule has 7 nitrogen and oxygen atoms in total. The second kappa shape index (κ2) is 8.55. The zero-order valence-electron chi connectivity index (χ0n) is 15.9. The first-order chi connectivity index (χ1) is 13.2. The van der Waals surface area contributed by atoms with Gasteiger partial charge in [-0.1, -0.05) is 29.4 Å². The Labute approximate surface area is 158 Å². The minimum Gasteiger partial charge on any atom is -0.497 e. The van der Waals surface area contributed by atoms with E-state index in [1.54, 1.807) is 21.3 Å². The molecule has 3 rings (SSSR count). The third kappa shape index (κ3) is 4.20. The van der Waals surface area contributed by atoms with Gasteiger partial charge in [0.1, 0.15) is 5.75 Å². The van der Waals surface area contributed by atoms with Crippen molar-refractivity contribution in [3.63, 3.8) is 0 Å². The fourth-order valence-electron chi connectivity index (χ4n) is 2.73. The fourth-order valence-corrected chi connectivity index (χ4v) is 2.73. The van der Waals surface area contributed by atoms with Crippen molar-refractivity contribution >= 4 is 0 Å². The smallest absolute Gasteiger partial charge is 0.243 e. The van der Waals surface area contributed by atoms with Gasteiger partial charge in [0.05, 0.1) is 27.4 Å². The lowest BCUT2D eigenvalue weighted by Gasteiger charge is -2.14. The highest BCUT2D eigenvalue weighted by Gasteiger charge is 2.17. The molecular formula is C20H23N3O4. The summed E-state index contributed by atoms with van der Waals surface area (Å²) in [6.07, 6.45) is 0. The van der Waals surface area contributed by atoms with E-state index in [-0.39, 0.29) is 6.04 Å². The summed E-state index contributed by atoms with van der Waals surface area (Å²) in [6.45, 7) is 2.54. The summed E-state index contributed by atoms with van der Waals surface area (Å²) in [7, 11) is 4.87. The highest BCUT2D eigenvalue weighted by Crippen LogP contribution is 2.31. The van der Waals surface area contributed by atoms with E-state index in [1.165, 1.54) is 0 Å². The van der Waals surface area contributed by atoms with Gasteiger partial charge in [0.2, 0.25) is 11.7 Å². The Kier molecular flexibility index (Phi) is 5.93. The molecule has 3 aromatic rings. The van der Waals surface area contributed by atoms with Crippen LogP contribution >= 0.6 is 0 Å². The maximum Gasteiger partial charge on any atom is 0.243 e. The molecule has 1 atom stereocenters. The number of methoxy groups -OCH3 is 3. The standard InChI is InChI=1S/C20H23N3O4/c1-13(21-12-15-8-6-10-17(25-3)18(15)26-4)20-22-19(23-27-20)14-7-5-9-16(11-14)24-2/h5-11,13,21H,12H2,1-4H3. The number of benzene rings is 2. The number of nitrogens with zero attached hydrogens (tertiary/aromatic N) is 2. The summed E-state index contributed by atoms with van der Waals surface area (Å²) in [5.41, 5.74) is 1.82. The number of para-hydroxylation sites is 1. The van der Waals surface area contributed by atoms with Crippen LogP contribution in [0.3, 0.4) is 0 Å². The maximum atomic E-state index is 5.46. The molecule has 1 unspecified atom stereocenters. The van der Waals surface area contributed by atoms with E-state index >= 15 is 0 Å². The Bertz CT molecular complexity index is 894. The van der Waals surface area contributed by atoms with Crippen molar-refractivity contribution in [3.8, 4) is 28.6 Å². The molecule has 0 saturated carbocycles. The van der Waals surface area contributed by atoms with Crippen molar-refractivity contribution in [3.05, 3.63) is 53.9 Å². The SMILES string of the molecule is COc1cccc(-c2noc(C(C)NCc3cccc(OC)c3OC)n2)c1. The van der Waals surface area contributed by atoms with Crippen LogP contribution in [-0.4, -0.2) is 31.5 Å². The molecule has 0 fully saturated rings. The van der Waals surface area contributed by atoms with Crippen molar-refractivity contribution < 1.29 is 18.7 Å². The molecule has 0 radical (unpaired) electrons. The van der Waals surface area contributed by atoms with Crippen LogP contribution in [0.5, 0.6) is 17.2 Å². The van der Waals surface area contributed by atoms with Gasteiger partial charge >= 0.3 is 0 Å². The van der Waals surface area contributed by atoms with E-state index < -0.39 is 0 Å². The highest BCUT2D eigenvalue weighted by atomic mass is 16.5. The lowest BCUT2D eigenvalue weighted by molar-refractivity contribution is 0.333. The first-order valence-corrected chi connectivity index (χ1v) is 8.57. The van der Waals surface area contributed by atoms with E-state index in [0.29, 0.717) is 29.8 Å². The quantitative estimate of drug-likeness (QED) is 0.650. The summed E-state index contributed by atoms with van der Waals surface area (Å²) in [4.78, 5) is 4.49. The second-order valence-electron chi connectivity index (χ2n) is 5.94. The Balaban J connectivity index is 1.71. The number of hydrogen-bond acceptors (Lipinski definition) is 7. The van der Waals surface area contributed by atoms with Crippen molar-refractivity contribution in [2.45, 2.75) is 19.5 Å². The molecule has 0 amide bonds.